The van der Waals surface area contributed by atoms with Crippen molar-refractivity contribution in [2.24, 2.45) is 0 Å². The molecule has 124 valence electrons. The molecule has 0 aliphatic heterocycles. The van der Waals surface area contributed by atoms with E-state index in [9.17, 15) is 4.79 Å². The van der Waals surface area contributed by atoms with Gasteiger partial charge in [-0.1, -0.05) is 37.3 Å². The van der Waals surface area contributed by atoms with Crippen LogP contribution < -0.4 is 4.74 Å². The summed E-state index contributed by atoms with van der Waals surface area (Å²) < 4.78 is 5.58. The van der Waals surface area contributed by atoms with Crippen LogP contribution in [0.1, 0.15) is 31.4 Å². The molecule has 4 heteroatoms. The molecule has 0 aliphatic rings. The molecule has 1 atom stereocenters. The van der Waals surface area contributed by atoms with Crippen molar-refractivity contribution in [3.8, 4) is 11.8 Å². The van der Waals surface area contributed by atoms with Crippen molar-refractivity contribution in [3.63, 3.8) is 0 Å². The lowest BCUT2D eigenvalue weighted by atomic mass is 10.1. The Balaban J connectivity index is 2.00. The number of carbonyl (C=O) groups excluding carboxylic acids is 1. The number of ether oxygens (including phenoxy) is 1. The Morgan fingerprint density at radius 3 is 2.42 bits per heavy atom. The molecule has 0 heterocycles. The van der Waals surface area contributed by atoms with Crippen molar-refractivity contribution in [1.82, 2.24) is 4.90 Å². The molecule has 1 unspecified atom stereocenters. The van der Waals surface area contributed by atoms with Crippen LogP contribution >= 0.6 is 0 Å². The van der Waals surface area contributed by atoms with E-state index in [1.807, 2.05) is 42.2 Å². The zero-order valence-electron chi connectivity index (χ0n) is 14.1. The summed E-state index contributed by atoms with van der Waals surface area (Å²) >= 11 is 0. The molecule has 2 aromatic rings. The van der Waals surface area contributed by atoms with E-state index < -0.39 is 0 Å². The number of benzene rings is 2. The lowest BCUT2D eigenvalue weighted by Crippen LogP contribution is -2.40. The average molecular weight is 322 g/mol. The van der Waals surface area contributed by atoms with Crippen LogP contribution in [-0.2, 0) is 11.3 Å². The van der Waals surface area contributed by atoms with Crippen LogP contribution in [0, 0.1) is 11.3 Å². The Bertz CT molecular complexity index is 690. The molecule has 0 saturated heterocycles. The summed E-state index contributed by atoms with van der Waals surface area (Å²) in [5.41, 5.74) is 1.67. The highest BCUT2D eigenvalue weighted by Gasteiger charge is 2.19. The molecule has 24 heavy (non-hydrogen) atoms. The third-order valence-electron chi connectivity index (χ3n) is 3.98. The number of hydrogen-bond donors (Lipinski definition) is 0. The molecule has 2 aromatic carbocycles. The molecule has 0 spiro atoms. The van der Waals surface area contributed by atoms with Crippen LogP contribution in [-0.4, -0.2) is 23.5 Å². The van der Waals surface area contributed by atoms with Gasteiger partial charge in [-0.25, -0.2) is 0 Å². The first-order valence-corrected chi connectivity index (χ1v) is 8.10. The maximum Gasteiger partial charge on any atom is 0.261 e. The molecule has 0 fully saturated rings. The zero-order valence-corrected chi connectivity index (χ0v) is 14.1. The van der Waals surface area contributed by atoms with E-state index in [0.29, 0.717) is 17.9 Å². The maximum atomic E-state index is 12.6. The molecular formula is C20H22N2O2. The summed E-state index contributed by atoms with van der Waals surface area (Å²) in [5.74, 6) is 0.545. The van der Waals surface area contributed by atoms with Crippen molar-refractivity contribution >= 4 is 5.91 Å². The minimum absolute atomic E-state index is 0.0108. The van der Waals surface area contributed by atoms with Crippen molar-refractivity contribution in [1.29, 1.82) is 5.26 Å². The first-order chi connectivity index (χ1) is 11.6. The number of hydrogen-bond acceptors (Lipinski definition) is 3. The Morgan fingerprint density at radius 2 is 1.83 bits per heavy atom. The van der Waals surface area contributed by atoms with Gasteiger partial charge in [0.1, 0.15) is 5.75 Å². The minimum Gasteiger partial charge on any atom is -0.484 e. The van der Waals surface area contributed by atoms with Gasteiger partial charge in [-0.2, -0.15) is 5.26 Å². The fourth-order valence-corrected chi connectivity index (χ4v) is 2.34. The fourth-order valence-electron chi connectivity index (χ4n) is 2.34. The zero-order chi connectivity index (χ0) is 17.4. The monoisotopic (exact) mass is 322 g/mol. The SMILES string of the molecule is CCC(C)N(Cc1ccccc1)C(=O)COc1ccc(C#N)cc1. The van der Waals surface area contributed by atoms with E-state index in [1.54, 1.807) is 24.3 Å². The normalized spacial score (nSPS) is 11.4. The third kappa shape index (κ3) is 4.85. The summed E-state index contributed by atoms with van der Waals surface area (Å²) in [6, 6.07) is 18.9. The van der Waals surface area contributed by atoms with Gasteiger partial charge in [-0.15, -0.1) is 0 Å². The number of nitrogens with zero attached hydrogens (tertiary/aromatic N) is 2. The summed E-state index contributed by atoms with van der Waals surface area (Å²) in [6.07, 6.45) is 0.884. The molecule has 1 amide bonds. The van der Waals surface area contributed by atoms with E-state index in [1.165, 1.54) is 0 Å². The molecule has 0 bridgehead atoms. The molecular weight excluding hydrogens is 300 g/mol. The van der Waals surface area contributed by atoms with Crippen molar-refractivity contribution in [3.05, 3.63) is 65.7 Å². The van der Waals surface area contributed by atoms with Gasteiger partial charge in [-0.3, -0.25) is 4.79 Å². The third-order valence-corrected chi connectivity index (χ3v) is 3.98. The Kier molecular flexibility index (Phi) is 6.39. The number of rotatable bonds is 7. The number of amides is 1. The molecule has 0 saturated carbocycles. The standard InChI is InChI=1S/C20H22N2O2/c1-3-16(2)22(14-18-7-5-4-6-8-18)20(23)15-24-19-11-9-17(13-21)10-12-19/h4-12,16H,3,14-15H2,1-2H3. The van der Waals surface area contributed by atoms with E-state index in [2.05, 4.69) is 13.0 Å². The lowest BCUT2D eigenvalue weighted by molar-refractivity contribution is -0.136. The smallest absolute Gasteiger partial charge is 0.261 e. The molecule has 0 aliphatic carbocycles. The molecule has 0 radical (unpaired) electrons. The van der Waals surface area contributed by atoms with E-state index in [-0.39, 0.29) is 18.6 Å². The Hall–Kier alpha value is -2.80. The first kappa shape index (κ1) is 17.6. The van der Waals surface area contributed by atoms with E-state index in [0.717, 1.165) is 12.0 Å². The quantitative estimate of drug-likeness (QED) is 0.780. The Morgan fingerprint density at radius 1 is 1.17 bits per heavy atom. The van der Waals surface area contributed by atoms with Crippen LogP contribution in [0.4, 0.5) is 0 Å². The van der Waals surface area contributed by atoms with E-state index >= 15 is 0 Å². The second-order valence-corrected chi connectivity index (χ2v) is 5.69. The molecule has 4 nitrogen and oxygen atoms in total. The summed E-state index contributed by atoms with van der Waals surface area (Å²) in [5, 5.41) is 8.80. The highest BCUT2D eigenvalue weighted by molar-refractivity contribution is 5.78. The van der Waals surface area contributed by atoms with Gasteiger partial charge in [0, 0.05) is 12.6 Å². The van der Waals surface area contributed by atoms with Crippen LogP contribution in [0.25, 0.3) is 0 Å². The molecule has 2 rings (SSSR count). The van der Waals surface area contributed by atoms with Gasteiger partial charge >= 0.3 is 0 Å². The lowest BCUT2D eigenvalue weighted by Gasteiger charge is -2.28. The topological polar surface area (TPSA) is 53.3 Å². The Labute approximate surface area is 143 Å². The van der Waals surface area contributed by atoms with Gasteiger partial charge in [0.25, 0.3) is 5.91 Å². The van der Waals surface area contributed by atoms with E-state index in [4.69, 9.17) is 10.00 Å². The van der Waals surface area contributed by atoms with Crippen LogP contribution in [0.5, 0.6) is 5.75 Å². The maximum absolute atomic E-state index is 12.6. The highest BCUT2D eigenvalue weighted by atomic mass is 16.5. The van der Waals surface area contributed by atoms with Gasteiger partial charge in [-0.05, 0) is 43.2 Å². The van der Waals surface area contributed by atoms with Gasteiger partial charge in [0.2, 0.25) is 0 Å². The highest BCUT2D eigenvalue weighted by Crippen LogP contribution is 2.14. The van der Waals surface area contributed by atoms with Crippen LogP contribution in [0.3, 0.4) is 0 Å². The van der Waals surface area contributed by atoms with Gasteiger partial charge < -0.3 is 9.64 Å². The summed E-state index contributed by atoms with van der Waals surface area (Å²) in [4.78, 5) is 14.4. The van der Waals surface area contributed by atoms with Crippen molar-refractivity contribution in [2.45, 2.75) is 32.9 Å². The molecule has 0 N–H and O–H groups in total. The second kappa shape index (κ2) is 8.73. The predicted octanol–water partition coefficient (Wildman–Crippen LogP) is 3.76. The first-order valence-electron chi connectivity index (χ1n) is 8.10. The molecule has 0 aromatic heterocycles. The van der Waals surface area contributed by atoms with Crippen LogP contribution in [0.15, 0.2) is 54.6 Å². The summed E-state index contributed by atoms with van der Waals surface area (Å²) in [7, 11) is 0. The fraction of sp³-hybridized carbons (Fsp3) is 0.300. The number of carbonyl (C=O) groups is 1. The van der Waals surface area contributed by atoms with Gasteiger partial charge in [0.15, 0.2) is 6.61 Å². The second-order valence-electron chi connectivity index (χ2n) is 5.69. The van der Waals surface area contributed by atoms with Gasteiger partial charge in [0.05, 0.1) is 11.6 Å². The predicted molar refractivity (Wildman–Crippen MR) is 93.4 cm³/mol. The van der Waals surface area contributed by atoms with Crippen LogP contribution in [0.2, 0.25) is 0 Å². The summed E-state index contributed by atoms with van der Waals surface area (Å²) in [6.45, 7) is 4.68. The van der Waals surface area contributed by atoms with Crippen molar-refractivity contribution < 1.29 is 9.53 Å². The number of nitriles is 1. The van der Waals surface area contributed by atoms with Crippen molar-refractivity contribution in [2.75, 3.05) is 6.61 Å². The largest absolute Gasteiger partial charge is 0.484 e. The average Bonchev–Trinajstić information content (AvgIpc) is 2.64. The minimum atomic E-state index is -0.0439.